The SMILES string of the molecule is CCc1nn(C)c(CNCCCCC(F)(F)F)c1Br. The largest absolute Gasteiger partial charge is 0.389 e. The molecule has 0 radical (unpaired) electrons. The predicted octanol–water partition coefficient (Wildman–Crippen LogP) is 3.57. The van der Waals surface area contributed by atoms with Gasteiger partial charge in [-0.25, -0.2) is 0 Å². The van der Waals surface area contributed by atoms with E-state index in [1.165, 1.54) is 0 Å². The van der Waals surface area contributed by atoms with Crippen LogP contribution < -0.4 is 5.32 Å². The van der Waals surface area contributed by atoms with Crippen LogP contribution in [0.3, 0.4) is 0 Å². The van der Waals surface area contributed by atoms with E-state index in [1.54, 1.807) is 4.68 Å². The minimum absolute atomic E-state index is 0.170. The van der Waals surface area contributed by atoms with Crippen LogP contribution in [-0.2, 0) is 20.0 Å². The lowest BCUT2D eigenvalue weighted by atomic mass is 10.2. The highest BCUT2D eigenvalue weighted by Gasteiger charge is 2.25. The van der Waals surface area contributed by atoms with Crippen LogP contribution in [0.25, 0.3) is 0 Å². The Morgan fingerprint density at radius 3 is 2.53 bits per heavy atom. The molecule has 1 N–H and O–H groups in total. The predicted molar refractivity (Wildman–Crippen MR) is 71.9 cm³/mol. The van der Waals surface area contributed by atoms with Gasteiger partial charge in [0.25, 0.3) is 0 Å². The molecule has 110 valence electrons. The summed E-state index contributed by atoms with van der Waals surface area (Å²) in [6.45, 7) is 3.21. The summed E-state index contributed by atoms with van der Waals surface area (Å²) >= 11 is 3.50. The molecule has 0 aliphatic heterocycles. The average molecular weight is 342 g/mol. The van der Waals surface area contributed by atoms with Crippen LogP contribution in [0.1, 0.15) is 37.6 Å². The van der Waals surface area contributed by atoms with Crippen molar-refractivity contribution in [2.24, 2.45) is 7.05 Å². The highest BCUT2D eigenvalue weighted by molar-refractivity contribution is 9.10. The molecule has 0 aliphatic carbocycles. The van der Waals surface area contributed by atoms with Crippen molar-refractivity contribution in [3.8, 4) is 0 Å². The van der Waals surface area contributed by atoms with Gasteiger partial charge in [0.2, 0.25) is 0 Å². The van der Waals surface area contributed by atoms with Crippen molar-refractivity contribution in [1.82, 2.24) is 15.1 Å². The van der Waals surface area contributed by atoms with Crippen molar-refractivity contribution in [3.05, 3.63) is 15.9 Å². The van der Waals surface area contributed by atoms with Crippen LogP contribution in [0.2, 0.25) is 0 Å². The molecule has 0 bridgehead atoms. The monoisotopic (exact) mass is 341 g/mol. The van der Waals surface area contributed by atoms with Gasteiger partial charge in [-0.3, -0.25) is 4.68 Å². The summed E-state index contributed by atoms with van der Waals surface area (Å²) in [7, 11) is 1.87. The molecule has 0 fully saturated rings. The Kier molecular flexibility index (Phi) is 6.32. The molecule has 1 rings (SSSR count). The Balaban J connectivity index is 2.28. The standard InChI is InChI=1S/C12H19BrF3N3/c1-3-9-11(13)10(19(2)18-9)8-17-7-5-4-6-12(14,15)16/h17H,3-8H2,1-2H3. The van der Waals surface area contributed by atoms with Gasteiger partial charge in [0.15, 0.2) is 0 Å². The first-order valence-electron chi connectivity index (χ1n) is 6.33. The Bertz CT molecular complexity index is 402. The van der Waals surface area contributed by atoms with E-state index in [-0.39, 0.29) is 6.42 Å². The van der Waals surface area contributed by atoms with Crippen LogP contribution >= 0.6 is 15.9 Å². The lowest BCUT2D eigenvalue weighted by molar-refractivity contribution is -0.135. The summed E-state index contributed by atoms with van der Waals surface area (Å²) in [6.07, 6.45) is -3.20. The van der Waals surface area contributed by atoms with Gasteiger partial charge in [-0.05, 0) is 41.7 Å². The maximum atomic E-state index is 11.9. The van der Waals surface area contributed by atoms with Crippen molar-refractivity contribution >= 4 is 15.9 Å². The van der Waals surface area contributed by atoms with E-state index >= 15 is 0 Å². The third-order valence-corrected chi connectivity index (χ3v) is 3.77. The number of aryl methyl sites for hydroxylation is 2. The Morgan fingerprint density at radius 2 is 2.00 bits per heavy atom. The lowest BCUT2D eigenvalue weighted by Crippen LogP contribution is -2.18. The van der Waals surface area contributed by atoms with E-state index in [4.69, 9.17) is 0 Å². The van der Waals surface area contributed by atoms with Crippen LogP contribution in [0.5, 0.6) is 0 Å². The molecule has 1 heterocycles. The smallest absolute Gasteiger partial charge is 0.311 e. The Labute approximate surface area is 119 Å². The number of hydrogen-bond donors (Lipinski definition) is 1. The zero-order valence-electron chi connectivity index (χ0n) is 11.1. The minimum atomic E-state index is -4.04. The summed E-state index contributed by atoms with van der Waals surface area (Å²) in [6, 6.07) is 0. The third-order valence-electron chi connectivity index (χ3n) is 2.86. The summed E-state index contributed by atoms with van der Waals surface area (Å²) in [5.41, 5.74) is 2.02. The van der Waals surface area contributed by atoms with Gasteiger partial charge in [0, 0.05) is 20.0 Å². The first-order chi connectivity index (χ1) is 8.85. The van der Waals surface area contributed by atoms with Gasteiger partial charge in [0.05, 0.1) is 15.9 Å². The van der Waals surface area contributed by atoms with Gasteiger partial charge in [0.1, 0.15) is 0 Å². The van der Waals surface area contributed by atoms with Crippen LogP contribution in [0, 0.1) is 0 Å². The number of rotatable bonds is 7. The van der Waals surface area contributed by atoms with Crippen molar-refractivity contribution in [2.75, 3.05) is 6.54 Å². The molecule has 0 unspecified atom stereocenters. The molecule has 19 heavy (non-hydrogen) atoms. The second kappa shape index (κ2) is 7.28. The molecule has 1 aromatic rings. The van der Waals surface area contributed by atoms with Crippen LogP contribution in [0.4, 0.5) is 13.2 Å². The van der Waals surface area contributed by atoms with E-state index in [0.29, 0.717) is 19.5 Å². The maximum Gasteiger partial charge on any atom is 0.389 e. The molecule has 0 saturated carbocycles. The number of hydrogen-bond acceptors (Lipinski definition) is 2. The van der Waals surface area contributed by atoms with Crippen molar-refractivity contribution in [2.45, 2.75) is 45.3 Å². The van der Waals surface area contributed by atoms with E-state index < -0.39 is 12.6 Å². The number of unbranched alkanes of at least 4 members (excludes halogenated alkanes) is 1. The summed E-state index contributed by atoms with van der Waals surface area (Å²) < 4.78 is 38.6. The van der Waals surface area contributed by atoms with Crippen LogP contribution in [0.15, 0.2) is 4.47 Å². The number of halogens is 4. The summed E-state index contributed by atoms with van der Waals surface area (Å²) in [5, 5.41) is 7.51. The molecule has 0 aromatic carbocycles. The fraction of sp³-hybridized carbons (Fsp3) is 0.750. The number of alkyl halides is 3. The van der Waals surface area contributed by atoms with Crippen molar-refractivity contribution in [1.29, 1.82) is 0 Å². The molecule has 7 heteroatoms. The van der Waals surface area contributed by atoms with Gasteiger partial charge >= 0.3 is 6.18 Å². The first-order valence-corrected chi connectivity index (χ1v) is 7.12. The number of nitrogens with one attached hydrogen (secondary N) is 1. The zero-order chi connectivity index (χ0) is 14.5. The Hall–Kier alpha value is -0.560. The maximum absolute atomic E-state index is 11.9. The first kappa shape index (κ1) is 16.5. The fourth-order valence-corrected chi connectivity index (χ4v) is 2.55. The summed E-state index contributed by atoms with van der Waals surface area (Å²) in [4.78, 5) is 0. The Morgan fingerprint density at radius 1 is 1.32 bits per heavy atom. The van der Waals surface area contributed by atoms with Gasteiger partial charge in [-0.15, -0.1) is 0 Å². The lowest BCUT2D eigenvalue weighted by Gasteiger charge is -2.07. The topological polar surface area (TPSA) is 29.9 Å². The van der Waals surface area contributed by atoms with Gasteiger partial charge in [-0.2, -0.15) is 18.3 Å². The van der Waals surface area contributed by atoms with Gasteiger partial charge in [-0.1, -0.05) is 6.92 Å². The van der Waals surface area contributed by atoms with E-state index in [2.05, 4.69) is 26.3 Å². The van der Waals surface area contributed by atoms with E-state index in [9.17, 15) is 13.2 Å². The summed E-state index contributed by atoms with van der Waals surface area (Å²) in [5.74, 6) is 0. The molecule has 0 atom stereocenters. The molecule has 0 aliphatic rings. The van der Waals surface area contributed by atoms with E-state index in [1.807, 2.05) is 14.0 Å². The molecular weight excluding hydrogens is 323 g/mol. The molecule has 0 amide bonds. The minimum Gasteiger partial charge on any atom is -0.311 e. The van der Waals surface area contributed by atoms with Crippen LogP contribution in [-0.4, -0.2) is 22.5 Å². The van der Waals surface area contributed by atoms with Crippen molar-refractivity contribution in [3.63, 3.8) is 0 Å². The van der Waals surface area contributed by atoms with Crippen molar-refractivity contribution < 1.29 is 13.2 Å². The molecule has 0 spiro atoms. The average Bonchev–Trinajstić information content (AvgIpc) is 2.58. The molecule has 0 saturated heterocycles. The molecular formula is C12H19BrF3N3. The second-order valence-corrected chi connectivity index (χ2v) is 5.23. The normalized spacial score (nSPS) is 12.1. The highest BCUT2D eigenvalue weighted by Crippen LogP contribution is 2.22. The molecule has 3 nitrogen and oxygen atoms in total. The number of aromatic nitrogens is 2. The van der Waals surface area contributed by atoms with E-state index in [0.717, 1.165) is 22.3 Å². The third kappa shape index (κ3) is 5.52. The zero-order valence-corrected chi connectivity index (χ0v) is 12.7. The highest BCUT2D eigenvalue weighted by atomic mass is 79.9. The second-order valence-electron chi connectivity index (χ2n) is 4.43. The quantitative estimate of drug-likeness (QED) is 0.768. The van der Waals surface area contributed by atoms with Gasteiger partial charge < -0.3 is 5.32 Å². The molecule has 1 aromatic heterocycles. The number of nitrogens with zero attached hydrogens (tertiary/aromatic N) is 2. The fourth-order valence-electron chi connectivity index (χ4n) is 1.79.